The quantitative estimate of drug-likeness (QED) is 0.399. The predicted octanol–water partition coefficient (Wildman–Crippen LogP) is -0.694. The number of hydrogen-bond donors (Lipinski definition) is 0. The van der Waals surface area contributed by atoms with Gasteiger partial charge in [0.05, 0.1) is 0 Å². The Morgan fingerprint density at radius 1 is 1.00 bits per heavy atom. The van der Waals surface area contributed by atoms with Gasteiger partial charge in [0.15, 0.2) is 0 Å². The minimum absolute atomic E-state index is 1.14. The molecule has 0 aliphatic heterocycles. The van der Waals surface area contributed by atoms with Crippen LogP contribution in [0.1, 0.15) is 0 Å². The molecule has 0 aromatic carbocycles. The summed E-state index contributed by atoms with van der Waals surface area (Å²) >= 11 is 0. The van der Waals surface area contributed by atoms with E-state index in [2.05, 4.69) is 0 Å². The summed E-state index contributed by atoms with van der Waals surface area (Å²) in [6, 6.07) is 0. The van der Waals surface area contributed by atoms with Crippen molar-refractivity contribution in [3.63, 3.8) is 0 Å². The van der Waals surface area contributed by atoms with Gasteiger partial charge in [-0.25, -0.2) is 0 Å². The Hall–Kier alpha value is -1.80. The molecule has 0 fully saturated rings. The molecule has 1 radical (unpaired) electrons. The van der Waals surface area contributed by atoms with Crippen LogP contribution in [-0.4, -0.2) is 21.3 Å². The molecule has 0 unspecified atom stereocenters. The first kappa shape index (κ1) is 9.20. The molecule has 0 saturated carbocycles. The maximum absolute atomic E-state index is 9.70. The van der Waals surface area contributed by atoms with Crippen molar-refractivity contribution in [3.05, 3.63) is 36.5 Å². The van der Waals surface area contributed by atoms with Gasteiger partial charge in [0.1, 0.15) is 9.85 Å². The second-order valence-electron chi connectivity index (χ2n) is 1.42. The van der Waals surface area contributed by atoms with Crippen LogP contribution in [0, 0.1) is 36.5 Å². The Balaban J connectivity index is 4.23. The normalized spacial score (nSPS) is 9.55. The van der Waals surface area contributed by atoms with Gasteiger partial charge in [-0.3, -0.25) is 30.3 Å². The summed E-state index contributed by atoms with van der Waals surface area (Å²) in [5, 5.41) is 29.0. The molecule has 0 atom stereocenters. The third kappa shape index (κ3) is 3.03. The van der Waals surface area contributed by atoms with Gasteiger partial charge in [-0.15, -0.1) is 0 Å². The highest BCUT2D eigenvalue weighted by atomic mass is 16.7. The highest BCUT2D eigenvalue weighted by Crippen LogP contribution is 2.00. The summed E-state index contributed by atoms with van der Waals surface area (Å²) in [4.78, 5) is 25.1. The minimum Gasteiger partial charge on any atom is -0.264 e. The minimum atomic E-state index is -1.53. The molecule has 0 aromatic rings. The molecule has 0 N–H and O–H groups in total. The van der Waals surface area contributed by atoms with Crippen LogP contribution in [-0.2, 0) is 0 Å². The first-order chi connectivity index (χ1) is 4.95. The standard InChI is InChI=1S/C2H2N3O6/c6-3(7)1-2(4(8)9)5(10)11/h1H2. The molecular weight excluding hydrogens is 162 g/mol. The van der Waals surface area contributed by atoms with Crippen LogP contribution < -0.4 is 0 Å². The Morgan fingerprint density at radius 2 is 1.36 bits per heavy atom. The van der Waals surface area contributed by atoms with Crippen LogP contribution >= 0.6 is 0 Å². The summed E-state index contributed by atoms with van der Waals surface area (Å²) in [7, 11) is 0. The molecule has 0 saturated heterocycles. The highest BCUT2D eigenvalue weighted by Gasteiger charge is 2.45. The lowest BCUT2D eigenvalue weighted by Crippen LogP contribution is -2.27. The lowest BCUT2D eigenvalue weighted by Gasteiger charge is -1.90. The number of nitrogens with zero attached hydrogens (tertiary/aromatic N) is 3. The lowest BCUT2D eigenvalue weighted by atomic mass is 10.5. The molecule has 0 spiro atoms. The van der Waals surface area contributed by atoms with Crippen molar-refractivity contribution in [3.8, 4) is 0 Å². The molecule has 0 amide bonds. The molecule has 0 heterocycles. The van der Waals surface area contributed by atoms with Crippen LogP contribution in [0.25, 0.3) is 0 Å². The third-order valence-electron chi connectivity index (χ3n) is 0.692. The average Bonchev–Trinajstić information content (AvgIpc) is 1.81. The second-order valence-corrected chi connectivity index (χ2v) is 1.42. The molecule has 9 heteroatoms. The fourth-order valence-corrected chi connectivity index (χ4v) is 0.298. The Bertz CT molecular complexity index is 186. The van der Waals surface area contributed by atoms with E-state index in [9.17, 15) is 30.3 Å². The van der Waals surface area contributed by atoms with Gasteiger partial charge in [0, 0.05) is 4.92 Å². The Morgan fingerprint density at radius 3 is 1.45 bits per heavy atom. The maximum atomic E-state index is 9.70. The summed E-state index contributed by atoms with van der Waals surface area (Å²) in [5.41, 5.74) is 0. The molecule has 11 heavy (non-hydrogen) atoms. The first-order valence-corrected chi connectivity index (χ1v) is 2.21. The zero-order valence-corrected chi connectivity index (χ0v) is 5.00. The van der Waals surface area contributed by atoms with Gasteiger partial charge >= 0.3 is 12.7 Å². The average molecular weight is 164 g/mol. The van der Waals surface area contributed by atoms with E-state index in [4.69, 9.17) is 0 Å². The molecule has 9 nitrogen and oxygen atoms in total. The van der Waals surface area contributed by atoms with Gasteiger partial charge < -0.3 is 0 Å². The molecule has 0 aromatic heterocycles. The third-order valence-corrected chi connectivity index (χ3v) is 0.692. The van der Waals surface area contributed by atoms with Crippen LogP contribution in [0.15, 0.2) is 0 Å². The number of hydrogen-bond acceptors (Lipinski definition) is 6. The van der Waals surface area contributed by atoms with Crippen LogP contribution in [0.5, 0.6) is 0 Å². The molecule has 0 bridgehead atoms. The fourth-order valence-electron chi connectivity index (χ4n) is 0.298. The topological polar surface area (TPSA) is 129 Å². The van der Waals surface area contributed by atoms with E-state index in [0.29, 0.717) is 0 Å². The maximum Gasteiger partial charge on any atom is 0.664 e. The molecule has 0 aliphatic rings. The number of rotatable bonds is 4. The first-order valence-electron chi connectivity index (χ1n) is 2.21. The lowest BCUT2D eigenvalue weighted by molar-refractivity contribution is -0.700. The van der Waals surface area contributed by atoms with Gasteiger partial charge in [-0.05, 0) is 0 Å². The monoisotopic (exact) mass is 164 g/mol. The summed E-state index contributed by atoms with van der Waals surface area (Å²) in [6.07, 6.45) is -1.53. The smallest absolute Gasteiger partial charge is 0.264 e. The van der Waals surface area contributed by atoms with E-state index in [1.54, 1.807) is 0 Å². The van der Waals surface area contributed by atoms with E-state index in [1.807, 2.05) is 0 Å². The van der Waals surface area contributed by atoms with Crippen LogP contribution in [0.2, 0.25) is 0 Å². The van der Waals surface area contributed by atoms with Gasteiger partial charge in [-0.1, -0.05) is 0 Å². The summed E-state index contributed by atoms with van der Waals surface area (Å²) in [6.45, 7) is -1.38. The van der Waals surface area contributed by atoms with Gasteiger partial charge in [0.2, 0.25) is 0 Å². The molecular formula is C2H2N3O6. The van der Waals surface area contributed by atoms with E-state index in [1.165, 1.54) is 0 Å². The molecule has 61 valence electrons. The summed E-state index contributed by atoms with van der Waals surface area (Å²) < 4.78 is 0. The Labute approximate surface area is 59.1 Å². The second kappa shape index (κ2) is 3.39. The summed E-state index contributed by atoms with van der Waals surface area (Å²) in [5.74, 6) is 0. The van der Waals surface area contributed by atoms with Crippen molar-refractivity contribution in [2.24, 2.45) is 0 Å². The molecule has 0 aliphatic carbocycles. The largest absolute Gasteiger partial charge is 0.664 e. The zero-order chi connectivity index (χ0) is 9.02. The van der Waals surface area contributed by atoms with Crippen molar-refractivity contribution < 1.29 is 14.8 Å². The predicted molar refractivity (Wildman–Crippen MR) is 29.1 cm³/mol. The zero-order valence-electron chi connectivity index (χ0n) is 5.00. The fraction of sp³-hybridized carbons (Fsp3) is 0.500. The van der Waals surface area contributed by atoms with Crippen LogP contribution in [0.4, 0.5) is 0 Å². The van der Waals surface area contributed by atoms with E-state index in [0.717, 1.165) is 0 Å². The van der Waals surface area contributed by atoms with E-state index < -0.39 is 27.5 Å². The van der Waals surface area contributed by atoms with Gasteiger partial charge in [-0.2, -0.15) is 0 Å². The van der Waals surface area contributed by atoms with Crippen molar-refractivity contribution in [1.82, 2.24) is 0 Å². The van der Waals surface area contributed by atoms with Gasteiger partial charge in [0.25, 0.3) is 0 Å². The van der Waals surface area contributed by atoms with E-state index in [-0.39, 0.29) is 0 Å². The van der Waals surface area contributed by atoms with Crippen molar-refractivity contribution in [2.45, 2.75) is 0 Å². The molecule has 0 rings (SSSR count). The van der Waals surface area contributed by atoms with Crippen LogP contribution in [0.3, 0.4) is 0 Å². The van der Waals surface area contributed by atoms with Crippen molar-refractivity contribution in [1.29, 1.82) is 0 Å². The highest BCUT2D eigenvalue weighted by molar-refractivity contribution is 4.57. The van der Waals surface area contributed by atoms with Crippen molar-refractivity contribution in [2.75, 3.05) is 6.54 Å². The van der Waals surface area contributed by atoms with Crippen molar-refractivity contribution >= 4 is 0 Å². The SMILES string of the molecule is O=[N+]([O-])C[C]([N+](=O)[O-])[N+](=O)[O-]. The van der Waals surface area contributed by atoms with E-state index >= 15 is 0 Å². The Kier molecular flexibility index (Phi) is 2.83. The number of nitro groups is 3.